The first kappa shape index (κ1) is 20.3. The predicted octanol–water partition coefficient (Wildman–Crippen LogP) is 4.63. The van der Waals surface area contributed by atoms with Crippen molar-refractivity contribution in [3.05, 3.63) is 90.3 Å². The van der Waals surface area contributed by atoms with Gasteiger partial charge in [0.1, 0.15) is 11.6 Å². The fourth-order valence-corrected chi connectivity index (χ4v) is 4.25. The fraction of sp³-hybridized carbons (Fsp3) is 0.231. The summed E-state index contributed by atoms with van der Waals surface area (Å²) in [5.41, 5.74) is 4.05. The molecule has 1 aliphatic heterocycles. The molecule has 4 aromatic rings. The van der Waals surface area contributed by atoms with Crippen LogP contribution in [0.4, 0.5) is 5.69 Å². The summed E-state index contributed by atoms with van der Waals surface area (Å²) in [4.78, 5) is 19.6. The summed E-state index contributed by atoms with van der Waals surface area (Å²) in [6.07, 6.45) is 0. The van der Waals surface area contributed by atoms with E-state index in [1.54, 1.807) is 0 Å². The lowest BCUT2D eigenvalue weighted by molar-refractivity contribution is -0.118. The van der Waals surface area contributed by atoms with Crippen LogP contribution in [-0.4, -0.2) is 33.5 Å². The minimum Gasteiger partial charge on any atom is -0.484 e. The second kappa shape index (κ2) is 8.85. The first-order valence-corrected chi connectivity index (χ1v) is 10.9. The van der Waals surface area contributed by atoms with Crippen LogP contribution in [0.5, 0.6) is 5.75 Å². The van der Waals surface area contributed by atoms with Gasteiger partial charge in [0, 0.05) is 24.8 Å². The molecule has 6 nitrogen and oxygen atoms in total. The molecule has 3 aromatic carbocycles. The molecule has 0 saturated carbocycles. The first-order valence-electron chi connectivity index (χ1n) is 10.9. The van der Waals surface area contributed by atoms with Gasteiger partial charge in [0.15, 0.2) is 6.61 Å². The number of aromatic nitrogens is 2. The van der Waals surface area contributed by atoms with Crippen molar-refractivity contribution in [1.82, 2.24) is 14.5 Å². The molecular formula is C26H26N4O2. The van der Waals surface area contributed by atoms with Crippen molar-refractivity contribution in [3.63, 3.8) is 0 Å². The Morgan fingerprint density at radius 2 is 1.78 bits per heavy atom. The SMILES string of the molecule is C[C@@H](c1ccccc1)N1CCn2c(nc3cc(NC(=O)COc4ccccc4)ccc32)C1. The van der Waals surface area contributed by atoms with Crippen LogP contribution >= 0.6 is 0 Å². The molecule has 0 radical (unpaired) electrons. The Kier molecular flexibility index (Phi) is 5.60. The third kappa shape index (κ3) is 4.22. The molecule has 162 valence electrons. The van der Waals surface area contributed by atoms with E-state index in [9.17, 15) is 4.79 Å². The highest BCUT2D eigenvalue weighted by Gasteiger charge is 2.24. The number of para-hydroxylation sites is 1. The summed E-state index contributed by atoms with van der Waals surface area (Å²) in [5.74, 6) is 1.54. The van der Waals surface area contributed by atoms with Gasteiger partial charge in [-0.2, -0.15) is 0 Å². The Bertz CT molecular complexity index is 1220. The molecule has 0 saturated heterocycles. The Hall–Kier alpha value is -3.64. The van der Waals surface area contributed by atoms with Crippen LogP contribution in [0.15, 0.2) is 78.9 Å². The van der Waals surface area contributed by atoms with E-state index < -0.39 is 0 Å². The summed E-state index contributed by atoms with van der Waals surface area (Å²) in [6, 6.07) is 26.2. The quantitative estimate of drug-likeness (QED) is 0.488. The van der Waals surface area contributed by atoms with Crippen LogP contribution in [0.2, 0.25) is 0 Å². The zero-order valence-electron chi connectivity index (χ0n) is 18.1. The lowest BCUT2D eigenvalue weighted by Gasteiger charge is -2.33. The average Bonchev–Trinajstić information content (AvgIpc) is 3.20. The molecule has 1 aromatic heterocycles. The molecule has 0 unspecified atom stereocenters. The molecule has 1 N–H and O–H groups in total. The Morgan fingerprint density at radius 3 is 2.56 bits per heavy atom. The summed E-state index contributed by atoms with van der Waals surface area (Å²) < 4.78 is 7.81. The van der Waals surface area contributed by atoms with Crippen molar-refractivity contribution in [1.29, 1.82) is 0 Å². The van der Waals surface area contributed by atoms with Gasteiger partial charge in [-0.15, -0.1) is 0 Å². The second-order valence-electron chi connectivity index (χ2n) is 8.09. The third-order valence-corrected chi connectivity index (χ3v) is 6.01. The van der Waals surface area contributed by atoms with E-state index in [4.69, 9.17) is 9.72 Å². The van der Waals surface area contributed by atoms with Crippen molar-refractivity contribution in [2.75, 3.05) is 18.5 Å². The number of fused-ring (bicyclic) bond motifs is 3. The summed E-state index contributed by atoms with van der Waals surface area (Å²) in [7, 11) is 0. The molecule has 2 heterocycles. The monoisotopic (exact) mass is 426 g/mol. The van der Waals surface area contributed by atoms with Gasteiger partial charge in [-0.3, -0.25) is 9.69 Å². The number of carbonyl (C=O) groups is 1. The van der Waals surface area contributed by atoms with Crippen molar-refractivity contribution in [2.45, 2.75) is 26.1 Å². The van der Waals surface area contributed by atoms with Crippen molar-refractivity contribution >= 4 is 22.6 Å². The zero-order valence-corrected chi connectivity index (χ0v) is 18.1. The molecule has 1 amide bonds. The summed E-state index contributed by atoms with van der Waals surface area (Å²) in [6.45, 7) is 4.90. The highest BCUT2D eigenvalue weighted by atomic mass is 16.5. The van der Waals surface area contributed by atoms with Gasteiger partial charge in [0.2, 0.25) is 0 Å². The molecule has 5 rings (SSSR count). The molecule has 1 aliphatic rings. The Morgan fingerprint density at radius 1 is 1.03 bits per heavy atom. The molecule has 0 spiro atoms. The number of hydrogen-bond acceptors (Lipinski definition) is 4. The number of nitrogens with one attached hydrogen (secondary N) is 1. The highest BCUT2D eigenvalue weighted by Crippen LogP contribution is 2.28. The summed E-state index contributed by atoms with van der Waals surface area (Å²) in [5, 5.41) is 2.91. The van der Waals surface area contributed by atoms with Crippen molar-refractivity contribution in [3.8, 4) is 5.75 Å². The number of anilines is 1. The Labute approximate surface area is 187 Å². The van der Waals surface area contributed by atoms with Crippen LogP contribution in [0.1, 0.15) is 24.4 Å². The van der Waals surface area contributed by atoms with Gasteiger partial charge >= 0.3 is 0 Å². The topological polar surface area (TPSA) is 59.4 Å². The normalized spacial score (nSPS) is 14.7. The number of carbonyl (C=O) groups excluding carboxylic acids is 1. The highest BCUT2D eigenvalue weighted by molar-refractivity contribution is 5.94. The molecule has 6 heteroatoms. The predicted molar refractivity (Wildman–Crippen MR) is 126 cm³/mol. The van der Waals surface area contributed by atoms with E-state index in [1.807, 2.05) is 48.5 Å². The molecule has 0 aliphatic carbocycles. The number of amides is 1. The van der Waals surface area contributed by atoms with Crippen LogP contribution in [0.25, 0.3) is 11.0 Å². The second-order valence-corrected chi connectivity index (χ2v) is 8.09. The maximum absolute atomic E-state index is 12.3. The number of benzene rings is 3. The van der Waals surface area contributed by atoms with E-state index in [0.717, 1.165) is 42.2 Å². The van der Waals surface area contributed by atoms with Crippen LogP contribution < -0.4 is 10.1 Å². The van der Waals surface area contributed by atoms with Crippen LogP contribution in [-0.2, 0) is 17.9 Å². The van der Waals surface area contributed by atoms with E-state index in [-0.39, 0.29) is 12.5 Å². The maximum atomic E-state index is 12.3. The van der Waals surface area contributed by atoms with Gasteiger partial charge in [-0.1, -0.05) is 48.5 Å². The average molecular weight is 427 g/mol. The minimum absolute atomic E-state index is 0.0337. The van der Waals surface area contributed by atoms with E-state index in [0.29, 0.717) is 11.8 Å². The van der Waals surface area contributed by atoms with Gasteiger partial charge in [0.25, 0.3) is 5.91 Å². The first-order chi connectivity index (χ1) is 15.7. The maximum Gasteiger partial charge on any atom is 0.262 e. The van der Waals surface area contributed by atoms with Gasteiger partial charge in [0.05, 0.1) is 17.6 Å². The minimum atomic E-state index is -0.194. The fourth-order valence-electron chi connectivity index (χ4n) is 4.25. The molecular weight excluding hydrogens is 400 g/mol. The molecule has 32 heavy (non-hydrogen) atoms. The van der Waals surface area contributed by atoms with Crippen molar-refractivity contribution in [2.24, 2.45) is 0 Å². The number of hydrogen-bond donors (Lipinski definition) is 1. The van der Waals surface area contributed by atoms with Gasteiger partial charge < -0.3 is 14.6 Å². The van der Waals surface area contributed by atoms with E-state index in [2.05, 4.69) is 52.0 Å². The largest absolute Gasteiger partial charge is 0.484 e. The lowest BCUT2D eigenvalue weighted by atomic mass is 10.1. The molecule has 1 atom stereocenters. The Balaban J connectivity index is 1.27. The third-order valence-electron chi connectivity index (χ3n) is 6.01. The molecule has 0 bridgehead atoms. The number of nitrogens with zero attached hydrogens (tertiary/aromatic N) is 3. The van der Waals surface area contributed by atoms with Crippen molar-refractivity contribution < 1.29 is 9.53 Å². The molecule has 0 fully saturated rings. The number of imidazole rings is 1. The van der Waals surface area contributed by atoms with Crippen LogP contribution in [0, 0.1) is 0 Å². The van der Waals surface area contributed by atoms with Crippen LogP contribution in [0.3, 0.4) is 0 Å². The lowest BCUT2D eigenvalue weighted by Crippen LogP contribution is -2.35. The zero-order chi connectivity index (χ0) is 21.9. The number of rotatable bonds is 6. The van der Waals surface area contributed by atoms with E-state index in [1.165, 1.54) is 5.56 Å². The standard InChI is InChI=1S/C26H26N4O2/c1-19(20-8-4-2-5-9-20)29-14-15-30-24-13-12-21(16-23(24)28-25(30)17-29)27-26(31)18-32-22-10-6-3-7-11-22/h2-13,16,19H,14-15,17-18H2,1H3,(H,27,31)/t19-/m0/s1. The smallest absolute Gasteiger partial charge is 0.262 e. The summed E-state index contributed by atoms with van der Waals surface area (Å²) >= 11 is 0. The van der Waals surface area contributed by atoms with Gasteiger partial charge in [-0.25, -0.2) is 4.98 Å². The van der Waals surface area contributed by atoms with E-state index >= 15 is 0 Å². The van der Waals surface area contributed by atoms with Gasteiger partial charge in [-0.05, 0) is 42.8 Å². The number of ether oxygens (including phenoxy) is 1.